The second-order valence-corrected chi connectivity index (χ2v) is 8.88. The Morgan fingerprint density at radius 3 is 2.79 bits per heavy atom. The van der Waals surface area contributed by atoms with Gasteiger partial charge in [0.1, 0.15) is 0 Å². The van der Waals surface area contributed by atoms with Crippen LogP contribution in [0.3, 0.4) is 0 Å². The van der Waals surface area contributed by atoms with Gasteiger partial charge in [0.15, 0.2) is 5.69 Å². The third-order valence-corrected chi connectivity index (χ3v) is 6.61. The first kappa shape index (κ1) is 20.1. The maximum Gasteiger partial charge on any atom is 0.273 e. The first-order chi connectivity index (χ1) is 14.0. The fraction of sp³-hybridized carbons (Fsp3) is 0.609. The maximum atomic E-state index is 12.7. The van der Waals surface area contributed by atoms with Crippen LogP contribution in [0.15, 0.2) is 18.2 Å². The van der Waals surface area contributed by atoms with Crippen LogP contribution >= 0.6 is 0 Å². The van der Waals surface area contributed by atoms with Gasteiger partial charge in [-0.15, -0.1) is 5.10 Å². The molecule has 6 heteroatoms. The summed E-state index contributed by atoms with van der Waals surface area (Å²) in [7, 11) is 0. The van der Waals surface area contributed by atoms with Crippen molar-refractivity contribution in [2.75, 3.05) is 13.1 Å². The van der Waals surface area contributed by atoms with Gasteiger partial charge in [-0.1, -0.05) is 36.6 Å². The van der Waals surface area contributed by atoms with Crippen molar-refractivity contribution >= 4 is 5.91 Å². The Kier molecular flexibility index (Phi) is 5.99. The summed E-state index contributed by atoms with van der Waals surface area (Å²) in [6, 6.07) is 6.92. The zero-order valence-electron chi connectivity index (χ0n) is 17.9. The molecule has 0 spiro atoms. The normalized spacial score (nSPS) is 18.1. The third kappa shape index (κ3) is 4.22. The van der Waals surface area contributed by atoms with E-state index in [0.717, 1.165) is 37.4 Å². The highest BCUT2D eigenvalue weighted by molar-refractivity contribution is 5.93. The number of carbonyl (C=O) groups excluding carboxylic acids is 1. The van der Waals surface area contributed by atoms with Crippen molar-refractivity contribution < 1.29 is 4.79 Å². The number of aromatic nitrogens is 3. The molecule has 2 aliphatic rings. The van der Waals surface area contributed by atoms with Crippen LogP contribution in [-0.4, -0.2) is 44.9 Å². The molecule has 2 heterocycles. The Hall–Kier alpha value is -2.21. The van der Waals surface area contributed by atoms with E-state index >= 15 is 0 Å². The van der Waals surface area contributed by atoms with Crippen molar-refractivity contribution in [1.29, 1.82) is 0 Å². The smallest absolute Gasteiger partial charge is 0.273 e. The Labute approximate surface area is 173 Å². The van der Waals surface area contributed by atoms with Gasteiger partial charge >= 0.3 is 0 Å². The van der Waals surface area contributed by atoms with Crippen LogP contribution < -0.4 is 5.32 Å². The number of benzene rings is 1. The Morgan fingerprint density at radius 1 is 1.24 bits per heavy atom. The molecule has 4 rings (SSSR count). The quantitative estimate of drug-likeness (QED) is 0.839. The van der Waals surface area contributed by atoms with Crippen molar-refractivity contribution in [3.8, 4) is 5.69 Å². The third-order valence-electron chi connectivity index (χ3n) is 6.61. The lowest BCUT2D eigenvalue weighted by molar-refractivity contribution is 0.0938. The van der Waals surface area contributed by atoms with Gasteiger partial charge in [-0.05, 0) is 63.1 Å². The van der Waals surface area contributed by atoms with Crippen molar-refractivity contribution in [3.63, 3.8) is 0 Å². The summed E-state index contributed by atoms with van der Waals surface area (Å²) in [6.07, 6.45) is 7.32. The number of nitrogens with zero attached hydrogens (tertiary/aromatic N) is 4. The van der Waals surface area contributed by atoms with Gasteiger partial charge in [-0.3, -0.25) is 9.69 Å². The first-order valence-corrected chi connectivity index (χ1v) is 11.1. The number of amides is 1. The molecule has 0 unspecified atom stereocenters. The van der Waals surface area contributed by atoms with E-state index < -0.39 is 0 Å². The number of carbonyl (C=O) groups is 1. The summed E-state index contributed by atoms with van der Waals surface area (Å²) >= 11 is 0. The average Bonchev–Trinajstić information content (AvgIpc) is 3.13. The van der Waals surface area contributed by atoms with Crippen LogP contribution in [0.25, 0.3) is 5.69 Å². The summed E-state index contributed by atoms with van der Waals surface area (Å²) < 4.78 is 1.85. The van der Waals surface area contributed by atoms with E-state index in [4.69, 9.17) is 0 Å². The molecule has 1 amide bonds. The summed E-state index contributed by atoms with van der Waals surface area (Å²) in [4.78, 5) is 15.2. The zero-order chi connectivity index (χ0) is 20.4. The molecule has 0 bridgehead atoms. The summed E-state index contributed by atoms with van der Waals surface area (Å²) in [5, 5.41) is 11.7. The fourth-order valence-corrected chi connectivity index (χ4v) is 4.73. The Bertz CT molecular complexity index is 866. The topological polar surface area (TPSA) is 63.1 Å². The van der Waals surface area contributed by atoms with Crippen LogP contribution in [-0.2, 0) is 13.0 Å². The fourth-order valence-electron chi connectivity index (χ4n) is 4.73. The number of hydrogen-bond acceptors (Lipinski definition) is 4. The molecule has 6 nitrogen and oxygen atoms in total. The number of rotatable bonds is 5. The van der Waals surface area contributed by atoms with Crippen LogP contribution in [0, 0.1) is 12.8 Å². The van der Waals surface area contributed by atoms with Gasteiger partial charge in [0.2, 0.25) is 0 Å². The highest BCUT2D eigenvalue weighted by Crippen LogP contribution is 2.27. The Balaban J connectivity index is 1.52. The molecule has 2 aromatic rings. The van der Waals surface area contributed by atoms with Gasteiger partial charge in [0.25, 0.3) is 5.91 Å². The van der Waals surface area contributed by atoms with Crippen molar-refractivity contribution in [2.45, 2.75) is 71.9 Å². The molecule has 1 saturated carbocycles. The highest BCUT2D eigenvalue weighted by atomic mass is 16.2. The monoisotopic (exact) mass is 395 g/mol. The first-order valence-electron chi connectivity index (χ1n) is 11.1. The summed E-state index contributed by atoms with van der Waals surface area (Å²) in [5.41, 5.74) is 4.98. The molecule has 1 aliphatic carbocycles. The molecule has 1 aromatic carbocycles. The second kappa shape index (κ2) is 8.66. The lowest BCUT2D eigenvalue weighted by Crippen LogP contribution is -2.36. The minimum Gasteiger partial charge on any atom is -0.350 e. The van der Waals surface area contributed by atoms with Crippen molar-refractivity contribution in [1.82, 2.24) is 25.2 Å². The number of nitrogens with one attached hydrogen (secondary N) is 1. The maximum absolute atomic E-state index is 12.7. The van der Waals surface area contributed by atoms with Gasteiger partial charge in [0.05, 0.1) is 11.4 Å². The van der Waals surface area contributed by atoms with Gasteiger partial charge < -0.3 is 5.32 Å². The molecule has 1 aliphatic heterocycles. The van der Waals surface area contributed by atoms with Gasteiger partial charge in [-0.25, -0.2) is 4.68 Å². The molecule has 1 aromatic heterocycles. The Morgan fingerprint density at radius 2 is 2.03 bits per heavy atom. The molecular formula is C23H33N5O. The zero-order valence-corrected chi connectivity index (χ0v) is 17.9. The molecular weight excluding hydrogens is 362 g/mol. The standard InChI is InChI=1S/C23H33N5O/c1-16(2)27-13-12-20-19(15-27)10-7-11-21(20)28-17(3)22(25-26-28)23(29)24-14-18-8-5-4-6-9-18/h7,10-11,16,18H,4-6,8-9,12-15H2,1-3H3,(H,24,29). The van der Waals surface area contributed by atoms with Crippen LogP contribution in [0.5, 0.6) is 0 Å². The number of fused-ring (bicyclic) bond motifs is 1. The highest BCUT2D eigenvalue weighted by Gasteiger charge is 2.24. The molecule has 0 radical (unpaired) electrons. The SMILES string of the molecule is Cc1c(C(=O)NCC2CCCCC2)nnn1-c1cccc2c1CCN(C(C)C)C2. The van der Waals surface area contributed by atoms with E-state index in [9.17, 15) is 4.79 Å². The summed E-state index contributed by atoms with van der Waals surface area (Å²) in [6.45, 7) is 9.19. The molecule has 1 N–H and O–H groups in total. The minimum absolute atomic E-state index is 0.102. The number of hydrogen-bond donors (Lipinski definition) is 1. The second-order valence-electron chi connectivity index (χ2n) is 8.88. The van der Waals surface area contributed by atoms with E-state index in [2.05, 4.69) is 52.6 Å². The van der Waals surface area contributed by atoms with E-state index in [1.54, 1.807) is 0 Å². The molecule has 1 fully saturated rings. The minimum atomic E-state index is -0.102. The van der Waals surface area contributed by atoms with E-state index in [-0.39, 0.29) is 5.91 Å². The largest absolute Gasteiger partial charge is 0.350 e. The van der Waals surface area contributed by atoms with Crippen LogP contribution in [0.2, 0.25) is 0 Å². The van der Waals surface area contributed by atoms with Crippen molar-refractivity contribution in [2.24, 2.45) is 5.92 Å². The van der Waals surface area contributed by atoms with E-state index in [1.165, 1.54) is 43.2 Å². The summed E-state index contributed by atoms with van der Waals surface area (Å²) in [5.74, 6) is 0.503. The van der Waals surface area contributed by atoms with E-state index in [1.807, 2.05) is 11.6 Å². The van der Waals surface area contributed by atoms with Crippen LogP contribution in [0.1, 0.15) is 73.3 Å². The molecule has 29 heavy (non-hydrogen) atoms. The average molecular weight is 396 g/mol. The molecule has 0 atom stereocenters. The van der Waals surface area contributed by atoms with Crippen LogP contribution in [0.4, 0.5) is 0 Å². The predicted molar refractivity (Wildman–Crippen MR) is 114 cm³/mol. The lowest BCUT2D eigenvalue weighted by atomic mass is 9.89. The lowest BCUT2D eigenvalue weighted by Gasteiger charge is -2.32. The molecule has 156 valence electrons. The molecule has 0 saturated heterocycles. The van der Waals surface area contributed by atoms with E-state index in [0.29, 0.717) is 17.7 Å². The predicted octanol–water partition coefficient (Wildman–Crippen LogP) is 3.65. The van der Waals surface area contributed by atoms with Gasteiger partial charge in [-0.2, -0.15) is 0 Å². The van der Waals surface area contributed by atoms with Crippen molar-refractivity contribution in [3.05, 3.63) is 40.7 Å². The van der Waals surface area contributed by atoms with Gasteiger partial charge in [0, 0.05) is 25.7 Å².